The van der Waals surface area contributed by atoms with Gasteiger partial charge in [-0.05, 0) is 71.9 Å². The fourth-order valence-corrected chi connectivity index (χ4v) is 13.1. The number of aromatic amines is 4. The SMILES string of the molecule is C.C.C.C.CC(=O)OC[C@H]1O[C@H](Br)[C@H](OC(C)=O)[C@@H](OC(C)=O)[C@@H]1OC(C)=O.CSc1ccc(Cc2c(C(F)(F)F)[nH][nH]c2=O)cc1.CSc1ccc(Cc2c(O[C@@H]3O[C@H](CO)[C@@H](O)[C@H](O)[C@H]3O)n[nH]c2C(F)(F)F)cc1.CSc1ccc(Cc2c(O[C@@H]3O[C@H](COC(C)=O)[C@@H](OC(C)=O)[C@H](OC(C)=O)[C@H]3OC(C)=O)n[nH]c2C(F)(F)F)cc1.O=CO[O-].[H-].[K+].[K+]. The van der Waals surface area contributed by atoms with E-state index in [1.165, 1.54) is 37.4 Å². The second kappa shape index (κ2) is 57.1. The number of alkyl halides is 10. The summed E-state index contributed by atoms with van der Waals surface area (Å²) in [4.78, 5) is 118. The van der Waals surface area contributed by atoms with Crippen molar-refractivity contribution in [2.45, 2.75) is 228 Å². The van der Waals surface area contributed by atoms with Crippen molar-refractivity contribution in [1.82, 2.24) is 30.6 Å². The number of esters is 8. The van der Waals surface area contributed by atoms with Crippen LogP contribution < -0.4 is 123 Å². The number of nitrogens with zero attached hydrogens (tertiary/aromatic N) is 2. The molecule has 6 aromatic rings. The summed E-state index contributed by atoms with van der Waals surface area (Å²) in [6, 6.07) is 20.7. The summed E-state index contributed by atoms with van der Waals surface area (Å²) in [7, 11) is 0. The molecule has 0 radical (unpaired) electrons. The van der Waals surface area contributed by atoms with Crippen molar-refractivity contribution in [3.8, 4) is 11.8 Å². The van der Waals surface area contributed by atoms with Crippen molar-refractivity contribution in [2.24, 2.45) is 0 Å². The first kappa shape index (κ1) is 121. The van der Waals surface area contributed by atoms with Crippen molar-refractivity contribution in [3.05, 3.63) is 134 Å². The molecule has 3 saturated heterocycles. The van der Waals surface area contributed by atoms with Gasteiger partial charge in [0.15, 0.2) is 35.5 Å². The van der Waals surface area contributed by atoms with E-state index in [9.17, 15) is 103 Å². The molecule has 0 aliphatic carbocycles. The van der Waals surface area contributed by atoms with Gasteiger partial charge in [-0.2, -0.15) is 39.5 Å². The van der Waals surface area contributed by atoms with Crippen molar-refractivity contribution in [2.75, 3.05) is 38.6 Å². The van der Waals surface area contributed by atoms with E-state index in [2.05, 4.69) is 31.0 Å². The number of aromatic nitrogens is 6. The van der Waals surface area contributed by atoms with Crippen molar-refractivity contribution in [1.29, 1.82) is 0 Å². The average Bonchev–Trinajstić information content (AvgIpc) is 1.77. The van der Waals surface area contributed by atoms with Crippen molar-refractivity contribution >= 4 is 105 Å². The molecule has 6 heterocycles. The summed E-state index contributed by atoms with van der Waals surface area (Å²) in [6.45, 7) is 7.26. The first-order chi connectivity index (χ1) is 55.8. The molecule has 35 nitrogen and oxygen atoms in total. The molecule has 0 unspecified atom stereocenters. The molecule has 9 rings (SSSR count). The molecule has 0 amide bonds. The quantitative estimate of drug-likeness (QED) is 0.00470. The number of nitrogens with one attached hydrogen (secondary N) is 4. The molecule has 3 aromatic heterocycles. The number of rotatable bonds is 25. The number of carbonyl (C=O) groups excluding carboxylic acids is 9. The summed E-state index contributed by atoms with van der Waals surface area (Å²) in [5.41, 5.74) is -3.29. The molecule has 125 heavy (non-hydrogen) atoms. The Balaban J connectivity index is -0.00000160. The van der Waals surface area contributed by atoms with Crippen molar-refractivity contribution in [3.63, 3.8) is 0 Å². The van der Waals surface area contributed by atoms with E-state index in [0.717, 1.165) is 56.2 Å². The fraction of sp³-hybridized carbons (Fsp3) is 0.520. The van der Waals surface area contributed by atoms with Gasteiger partial charge in [0.25, 0.3) is 12.0 Å². The molecule has 0 spiro atoms. The average molecular weight is 1970 g/mol. The molecule has 3 aliphatic heterocycles. The van der Waals surface area contributed by atoms with E-state index in [1.807, 2.05) is 51.3 Å². The number of thioether (sulfide) groups is 3. The molecule has 692 valence electrons. The Morgan fingerprint density at radius 2 is 0.776 bits per heavy atom. The minimum Gasteiger partial charge on any atom is -1.00 e. The Hall–Kier alpha value is -6.23. The summed E-state index contributed by atoms with van der Waals surface area (Å²) in [5.74, 6) is -6.89. The minimum absolute atomic E-state index is 0. The minimum atomic E-state index is -4.84. The first-order valence-corrected chi connectivity index (χ1v) is 39.0. The zero-order valence-corrected chi connectivity index (χ0v) is 76.6. The Morgan fingerprint density at radius 3 is 1.10 bits per heavy atom. The van der Waals surface area contributed by atoms with Gasteiger partial charge in [-0.3, -0.25) is 68.3 Å². The number of carbonyl (C=O) groups is 9. The predicted molar refractivity (Wildman–Crippen MR) is 420 cm³/mol. The van der Waals surface area contributed by atoms with Gasteiger partial charge >= 0.3 is 169 Å². The van der Waals surface area contributed by atoms with Gasteiger partial charge in [0, 0.05) is 89.3 Å². The Morgan fingerprint density at radius 1 is 0.464 bits per heavy atom. The standard InChI is InChI=1S/C26H29F3N2O10S.C18H21F3N2O6S.C14H19BrO9.C12H11F3N2OS.CH2O3.4CH4.2K.H/c1-12(32)36-11-19-20(37-13(2)33)21(38-14(3)34)22(39-15(4)35)25(40-19)41-24-18(23(30-31-24)26(27,28)29)10-16-6-8-17(42-5)9-7-16;1-30-9-4-2-8(3-5-9)6-10-15(18(19,20)21)22-23-16(10)29-17-14(27)13(26)12(25)11(7-24)28-17;1-6(16)20-5-10-11(21-7(2)17)12(22-8(3)18)13(14(15)24-10)23-9(4)19;1-19-8-4-2-7(3-5-8)6-9-10(12(13,14)15)16-17-11(9)18;2-1-4-3;;;;;;;/h6-9,19-22,25H,10-11H2,1-5H3,(H,30,31);2-5,11-14,17,24-27H,6-7H2,1H3,(H,22,23);10-14H,5H2,1-4H3;2-5H,6H2,1H3,(H2,16,17,18);1,3H;4*1H4;;;/q;;;;;;;;;2*+1;-1/p-1/t19-,20-,21+,22-,25+;11-,12-,13+,14-,17+;10-,11-,12+,13-,14+;;;;;;;;;/m111........./s1. The van der Waals surface area contributed by atoms with Gasteiger partial charge < -0.3 is 93.6 Å². The van der Waals surface area contributed by atoms with Crippen LogP contribution in [0.4, 0.5) is 39.5 Å². The first-order valence-electron chi connectivity index (χ1n) is 34.4. The molecule has 8 N–H and O–H groups in total. The summed E-state index contributed by atoms with van der Waals surface area (Å²) >= 11 is 7.67. The van der Waals surface area contributed by atoms with Gasteiger partial charge in [0.1, 0.15) is 66.9 Å². The largest absolute Gasteiger partial charge is 1.00 e. The van der Waals surface area contributed by atoms with E-state index >= 15 is 0 Å². The summed E-state index contributed by atoms with van der Waals surface area (Å²) in [5, 5.41) is 61.6. The zero-order chi connectivity index (χ0) is 89.1. The maximum atomic E-state index is 13.9. The molecule has 3 aliphatic rings. The molecule has 3 fully saturated rings. The Kier molecular flexibility index (Phi) is 55.1. The van der Waals surface area contributed by atoms with Crippen LogP contribution in [0.3, 0.4) is 0 Å². The number of hydrogen-bond acceptors (Lipinski definition) is 34. The molecule has 15 atom stereocenters. The number of ether oxygens (including phenoxy) is 13. The van der Waals surface area contributed by atoms with E-state index in [4.69, 9.17) is 71.6 Å². The van der Waals surface area contributed by atoms with Crippen LogP contribution in [0, 0.1) is 0 Å². The van der Waals surface area contributed by atoms with Gasteiger partial charge in [-0.25, -0.2) is 0 Å². The number of hydrogen-bond donors (Lipinski definition) is 8. The number of benzene rings is 3. The number of halogens is 10. The van der Waals surface area contributed by atoms with Crippen LogP contribution in [-0.2, 0) is 138 Å². The normalized spacial score (nSPS) is 21.6. The van der Waals surface area contributed by atoms with Crippen LogP contribution >= 0.6 is 51.2 Å². The van der Waals surface area contributed by atoms with Crippen LogP contribution in [0.15, 0.2) is 92.3 Å². The third kappa shape index (κ3) is 38.0. The maximum absolute atomic E-state index is 13.9. The van der Waals surface area contributed by atoms with Crippen LogP contribution in [0.2, 0.25) is 0 Å². The second-order valence-electron chi connectivity index (χ2n) is 25.0. The van der Waals surface area contributed by atoms with Gasteiger partial charge in [0.05, 0.1) is 23.3 Å². The number of aliphatic hydroxyl groups excluding tert-OH is 4. The van der Waals surface area contributed by atoms with E-state index in [-0.39, 0.29) is 183 Å². The smallest absolute Gasteiger partial charge is 1.00 e. The summed E-state index contributed by atoms with van der Waals surface area (Å²) < 4.78 is 189. The molecule has 50 heteroatoms. The predicted octanol–water partition coefficient (Wildman–Crippen LogP) is 2.72. The van der Waals surface area contributed by atoms with Crippen LogP contribution in [0.1, 0.15) is 137 Å². The number of aliphatic hydroxyl groups is 4. The van der Waals surface area contributed by atoms with E-state index < -0.39 is 205 Å². The van der Waals surface area contributed by atoms with Crippen molar-refractivity contribution < 1.29 is 279 Å². The van der Waals surface area contributed by atoms with Crippen LogP contribution in [0.5, 0.6) is 11.8 Å². The maximum Gasteiger partial charge on any atom is 1.00 e. The molecular weight excluding hydrogens is 1870 g/mol. The third-order valence-corrected chi connectivity index (χ3v) is 19.2. The van der Waals surface area contributed by atoms with Gasteiger partial charge in [-0.1, -0.05) is 82.0 Å². The second-order valence-corrected chi connectivity index (χ2v) is 28.6. The zero-order valence-electron chi connectivity index (χ0n) is 67.3. The van der Waals surface area contributed by atoms with Gasteiger partial charge in [-0.15, -0.1) is 45.5 Å². The van der Waals surface area contributed by atoms with Crippen LogP contribution in [0.25, 0.3) is 0 Å². The molecule has 0 bridgehead atoms. The Labute approximate surface area is 819 Å². The van der Waals surface area contributed by atoms with E-state index in [1.54, 1.807) is 72.4 Å². The topological polar surface area (TPSA) is 493 Å². The molecule has 0 saturated carbocycles. The van der Waals surface area contributed by atoms with Gasteiger partial charge in [0.2, 0.25) is 30.4 Å². The fourth-order valence-electron chi connectivity index (χ4n) is 11.2. The molecule has 3 aromatic carbocycles. The van der Waals surface area contributed by atoms with E-state index in [0.29, 0.717) is 16.7 Å². The number of H-pyrrole nitrogens is 4. The van der Waals surface area contributed by atoms with Crippen LogP contribution in [-0.4, -0.2) is 235 Å². The molecular formula is C75H98BrF9K2N6O29S3. The Bertz CT molecular complexity index is 4410. The third-order valence-electron chi connectivity index (χ3n) is 16.2. The monoisotopic (exact) mass is 1970 g/mol. The summed E-state index contributed by atoms with van der Waals surface area (Å²) in [6.07, 6.45) is -29.1.